The highest BCUT2D eigenvalue weighted by molar-refractivity contribution is 7.25. The molecule has 298 valence electrons. The average molecular weight is 796 g/mol. The first-order valence-electron chi connectivity index (χ1n) is 21.3. The van der Waals surface area contributed by atoms with Gasteiger partial charge in [0.1, 0.15) is 0 Å². The lowest BCUT2D eigenvalue weighted by Gasteiger charge is -2.50. The number of nitrogens with zero attached hydrogens (tertiary/aromatic N) is 2. The van der Waals surface area contributed by atoms with E-state index in [0.717, 1.165) is 34.9 Å². The molecular weight excluding hydrogens is 732 g/mol. The fourth-order valence-corrected chi connectivity index (χ4v) is 11.5. The predicted octanol–water partition coefficient (Wildman–Crippen LogP) is 16.8. The van der Waals surface area contributed by atoms with E-state index < -0.39 is 0 Å². The topological polar surface area (TPSA) is 6.48 Å². The maximum atomic E-state index is 7.35. The maximum Gasteiger partial charge on any atom is 0.0520 e. The Bertz CT molecular complexity index is 2520. The number of hydrogen-bond acceptors (Lipinski definition) is 3. The highest BCUT2D eigenvalue weighted by atomic mass is 35.5. The monoisotopic (exact) mass is 794 g/mol. The third-order valence-corrected chi connectivity index (χ3v) is 15.7. The molecule has 1 aliphatic heterocycles. The molecule has 0 radical (unpaired) electrons. The number of fused-ring (bicyclic) bond motifs is 6. The summed E-state index contributed by atoms with van der Waals surface area (Å²) in [6.45, 7) is 30.5. The lowest BCUT2D eigenvalue weighted by molar-refractivity contribution is 0.195. The van der Waals surface area contributed by atoms with Crippen molar-refractivity contribution in [1.29, 1.82) is 0 Å². The number of halogens is 1. The van der Waals surface area contributed by atoms with E-state index in [4.69, 9.17) is 11.6 Å². The minimum atomic E-state index is -0.0865. The first-order valence-corrected chi connectivity index (χ1v) is 22.5. The molecule has 2 atom stereocenters. The highest BCUT2D eigenvalue weighted by Crippen LogP contribution is 2.62. The van der Waals surface area contributed by atoms with Crippen molar-refractivity contribution >= 4 is 71.5 Å². The summed E-state index contributed by atoms with van der Waals surface area (Å²) in [5.41, 5.74) is 14.3. The molecule has 1 aliphatic carbocycles. The maximum absolute atomic E-state index is 7.35. The second kappa shape index (κ2) is 13.6. The van der Waals surface area contributed by atoms with Crippen LogP contribution in [0.15, 0.2) is 84.9 Å². The molecule has 5 aromatic carbocycles. The summed E-state index contributed by atoms with van der Waals surface area (Å²) >= 11 is 9.25. The number of rotatable bonds is 6. The minimum absolute atomic E-state index is 0.0250. The van der Waals surface area contributed by atoms with Crippen LogP contribution in [0.2, 0.25) is 5.02 Å². The SMILES string of the molecule is CCC(C)(C)c1ccc2c(c1)sc1ccc(N(c3cc(Cl)cc(N4c5ccc(C(C)(C)C)cc5C5(C)CCCCC45C)c3)c3c(C)cc(C(C)(C)C)cc3C)cc12. The van der Waals surface area contributed by atoms with Crippen molar-refractivity contribution in [3.05, 3.63) is 123 Å². The van der Waals surface area contributed by atoms with Gasteiger partial charge in [0.15, 0.2) is 0 Å². The third kappa shape index (κ3) is 6.51. The van der Waals surface area contributed by atoms with Crippen molar-refractivity contribution in [2.45, 2.75) is 149 Å². The van der Waals surface area contributed by atoms with E-state index in [1.54, 1.807) is 0 Å². The van der Waals surface area contributed by atoms with E-state index in [9.17, 15) is 0 Å². The minimum Gasteiger partial charge on any atom is -0.334 e. The van der Waals surface area contributed by atoms with Crippen LogP contribution in [0.3, 0.4) is 0 Å². The zero-order valence-electron chi connectivity index (χ0n) is 36.8. The molecule has 8 rings (SSSR count). The van der Waals surface area contributed by atoms with E-state index in [2.05, 4.69) is 185 Å². The number of hydrogen-bond donors (Lipinski definition) is 0. The molecule has 57 heavy (non-hydrogen) atoms. The second-order valence-electron chi connectivity index (χ2n) is 20.6. The van der Waals surface area contributed by atoms with Crippen LogP contribution >= 0.6 is 22.9 Å². The van der Waals surface area contributed by atoms with E-state index in [0.29, 0.717) is 0 Å². The molecule has 2 aliphatic rings. The Morgan fingerprint density at radius 2 is 1.33 bits per heavy atom. The molecule has 2 nitrogen and oxygen atoms in total. The zero-order chi connectivity index (χ0) is 41.0. The summed E-state index contributed by atoms with van der Waals surface area (Å²) in [7, 11) is 0. The number of thiophene rings is 1. The highest BCUT2D eigenvalue weighted by Gasteiger charge is 2.57. The van der Waals surface area contributed by atoms with Crippen LogP contribution in [0.25, 0.3) is 20.2 Å². The van der Waals surface area contributed by atoms with Crippen molar-refractivity contribution in [1.82, 2.24) is 0 Å². The molecule has 1 saturated carbocycles. The Labute approximate surface area is 352 Å². The van der Waals surface area contributed by atoms with E-state index in [1.165, 1.54) is 84.2 Å². The van der Waals surface area contributed by atoms with Gasteiger partial charge >= 0.3 is 0 Å². The summed E-state index contributed by atoms with van der Waals surface area (Å²) in [6.07, 6.45) is 5.92. The summed E-state index contributed by atoms with van der Waals surface area (Å²) in [5, 5.41) is 3.38. The summed E-state index contributed by atoms with van der Waals surface area (Å²) < 4.78 is 2.67. The van der Waals surface area contributed by atoms with Gasteiger partial charge in [-0.2, -0.15) is 0 Å². The van der Waals surface area contributed by atoms with E-state index in [-0.39, 0.29) is 27.2 Å². The van der Waals surface area contributed by atoms with Crippen molar-refractivity contribution < 1.29 is 0 Å². The molecule has 2 heterocycles. The normalized spacial score (nSPS) is 20.0. The van der Waals surface area contributed by atoms with Gasteiger partial charge in [-0.3, -0.25) is 0 Å². The fourth-order valence-electron chi connectivity index (χ4n) is 10.1. The standard InChI is InChI=1S/C53H63ClN2S/c1-14-51(10,11)36-17-20-42-43-32-39(19-22-46(43)57-47(42)28-36)55(48-33(2)25-37(26-34(48)3)50(7,8)9)40-29-38(54)30-41(31-40)56-45-21-18-35(49(4,5)6)27-44(45)52(12)23-15-16-24-53(52,56)13/h17-22,25-32H,14-16,23-24H2,1-13H3. The van der Waals surface area contributed by atoms with Crippen LogP contribution < -0.4 is 9.80 Å². The molecule has 0 bridgehead atoms. The van der Waals surface area contributed by atoms with Gasteiger partial charge in [0.05, 0.1) is 11.2 Å². The zero-order valence-corrected chi connectivity index (χ0v) is 38.4. The van der Waals surface area contributed by atoms with Crippen LogP contribution in [0.5, 0.6) is 0 Å². The predicted molar refractivity (Wildman–Crippen MR) is 252 cm³/mol. The van der Waals surface area contributed by atoms with Gasteiger partial charge in [-0.1, -0.05) is 130 Å². The van der Waals surface area contributed by atoms with E-state index in [1.807, 2.05) is 11.3 Å². The first-order chi connectivity index (χ1) is 26.7. The molecule has 0 saturated heterocycles. The quantitative estimate of drug-likeness (QED) is 0.166. The molecule has 4 heteroatoms. The molecule has 1 aromatic heterocycles. The summed E-state index contributed by atoms with van der Waals surface area (Å²) in [5.74, 6) is 0. The van der Waals surface area contributed by atoms with Crippen molar-refractivity contribution in [3.8, 4) is 0 Å². The van der Waals surface area contributed by atoms with Gasteiger partial charge in [-0.05, 0) is 138 Å². The lowest BCUT2D eigenvalue weighted by atomic mass is 9.61. The smallest absolute Gasteiger partial charge is 0.0520 e. The number of anilines is 5. The molecular formula is C53H63ClN2S. The van der Waals surface area contributed by atoms with Gasteiger partial charge < -0.3 is 9.80 Å². The van der Waals surface area contributed by atoms with Crippen LogP contribution in [0, 0.1) is 13.8 Å². The molecule has 6 aromatic rings. The van der Waals surface area contributed by atoms with E-state index >= 15 is 0 Å². The van der Waals surface area contributed by atoms with Crippen LogP contribution in [-0.4, -0.2) is 5.54 Å². The molecule has 2 unspecified atom stereocenters. The lowest BCUT2D eigenvalue weighted by Crippen LogP contribution is -2.54. The van der Waals surface area contributed by atoms with Gasteiger partial charge in [0.2, 0.25) is 0 Å². The Morgan fingerprint density at radius 3 is 2.00 bits per heavy atom. The van der Waals surface area contributed by atoms with Crippen molar-refractivity contribution in [3.63, 3.8) is 0 Å². The summed E-state index contributed by atoms with van der Waals surface area (Å²) in [6, 6.07) is 33.1. The largest absolute Gasteiger partial charge is 0.334 e. The van der Waals surface area contributed by atoms with Crippen molar-refractivity contribution in [2.75, 3.05) is 9.80 Å². The fraction of sp³-hybridized carbons (Fsp3) is 0.434. The van der Waals surface area contributed by atoms with Gasteiger partial charge in [-0.15, -0.1) is 11.3 Å². The Morgan fingerprint density at radius 1 is 0.667 bits per heavy atom. The first kappa shape index (κ1) is 40.0. The van der Waals surface area contributed by atoms with Gasteiger partial charge in [0, 0.05) is 53.4 Å². The Balaban J connectivity index is 1.35. The average Bonchev–Trinajstić information content (AvgIpc) is 3.60. The molecule has 0 amide bonds. The number of aryl methyl sites for hydroxylation is 2. The van der Waals surface area contributed by atoms with Gasteiger partial charge in [0.25, 0.3) is 0 Å². The third-order valence-electron chi connectivity index (χ3n) is 14.3. The van der Waals surface area contributed by atoms with Crippen LogP contribution in [0.1, 0.15) is 142 Å². The van der Waals surface area contributed by atoms with Gasteiger partial charge in [-0.25, -0.2) is 0 Å². The van der Waals surface area contributed by atoms with Crippen LogP contribution in [0.4, 0.5) is 28.4 Å². The van der Waals surface area contributed by atoms with Crippen LogP contribution in [-0.2, 0) is 21.7 Å². The Kier molecular flexibility index (Phi) is 9.57. The molecule has 1 fully saturated rings. The Hall–Kier alpha value is -3.79. The molecule has 0 N–H and O–H groups in total. The van der Waals surface area contributed by atoms with Crippen molar-refractivity contribution in [2.24, 2.45) is 0 Å². The number of benzene rings is 5. The molecule has 0 spiro atoms. The second-order valence-corrected chi connectivity index (χ2v) is 22.1. The summed E-state index contributed by atoms with van der Waals surface area (Å²) in [4.78, 5) is 5.17.